The van der Waals surface area contributed by atoms with Crippen molar-refractivity contribution in [3.05, 3.63) is 23.8 Å². The van der Waals surface area contributed by atoms with E-state index >= 15 is 0 Å². The van der Waals surface area contributed by atoms with Crippen molar-refractivity contribution in [3.8, 4) is 5.75 Å². The number of sulfonamides is 1. The third-order valence-electron chi connectivity index (χ3n) is 3.27. The van der Waals surface area contributed by atoms with Gasteiger partial charge in [-0.2, -0.15) is 4.31 Å². The third kappa shape index (κ3) is 2.94. The summed E-state index contributed by atoms with van der Waals surface area (Å²) >= 11 is 0. The number of hydrogen-bond acceptors (Lipinski definition) is 4. The van der Waals surface area contributed by atoms with E-state index in [2.05, 4.69) is 5.32 Å². The molecule has 110 valence electrons. The summed E-state index contributed by atoms with van der Waals surface area (Å²) in [5.41, 5.74) is 0.632. The fourth-order valence-corrected chi connectivity index (χ4v) is 3.81. The van der Waals surface area contributed by atoms with Gasteiger partial charge in [-0.1, -0.05) is 0 Å². The normalized spacial score (nSPS) is 17.4. The SMILES string of the molecule is COc1ccc(S(=O)(=O)N2CCNC(=O)CC2)c(C)c1. The Morgan fingerprint density at radius 1 is 1.30 bits per heavy atom. The number of amides is 1. The lowest BCUT2D eigenvalue weighted by atomic mass is 10.2. The first-order chi connectivity index (χ1) is 9.45. The van der Waals surface area contributed by atoms with Gasteiger partial charge in [-0.15, -0.1) is 0 Å². The van der Waals surface area contributed by atoms with Gasteiger partial charge in [0.15, 0.2) is 0 Å². The highest BCUT2D eigenvalue weighted by Gasteiger charge is 2.28. The molecule has 7 heteroatoms. The average Bonchev–Trinajstić information content (AvgIpc) is 2.63. The van der Waals surface area contributed by atoms with Crippen LogP contribution in [0.15, 0.2) is 23.1 Å². The van der Waals surface area contributed by atoms with E-state index in [4.69, 9.17) is 4.74 Å². The molecule has 0 saturated carbocycles. The van der Waals surface area contributed by atoms with Gasteiger partial charge >= 0.3 is 0 Å². The zero-order valence-corrected chi connectivity index (χ0v) is 12.4. The molecule has 1 aromatic carbocycles. The van der Waals surface area contributed by atoms with Crippen molar-refractivity contribution in [1.29, 1.82) is 0 Å². The van der Waals surface area contributed by atoms with E-state index in [0.29, 0.717) is 24.4 Å². The summed E-state index contributed by atoms with van der Waals surface area (Å²) in [5, 5.41) is 2.67. The molecule has 0 atom stereocenters. The number of carbonyl (C=O) groups excluding carboxylic acids is 1. The van der Waals surface area contributed by atoms with Gasteiger partial charge in [0, 0.05) is 26.1 Å². The highest BCUT2D eigenvalue weighted by molar-refractivity contribution is 7.89. The van der Waals surface area contributed by atoms with Crippen molar-refractivity contribution < 1.29 is 17.9 Å². The van der Waals surface area contributed by atoms with Crippen LogP contribution >= 0.6 is 0 Å². The van der Waals surface area contributed by atoms with Crippen molar-refractivity contribution in [2.24, 2.45) is 0 Å². The highest BCUT2D eigenvalue weighted by atomic mass is 32.2. The summed E-state index contributed by atoms with van der Waals surface area (Å²) < 4.78 is 31.7. The number of hydrogen-bond donors (Lipinski definition) is 1. The summed E-state index contributed by atoms with van der Waals surface area (Å²) in [7, 11) is -2.04. The molecule has 0 aromatic heterocycles. The molecule has 1 aliphatic heterocycles. The molecule has 1 saturated heterocycles. The fraction of sp³-hybridized carbons (Fsp3) is 0.462. The van der Waals surface area contributed by atoms with Crippen LogP contribution in [0.3, 0.4) is 0 Å². The standard InChI is InChI=1S/C13H18N2O4S/c1-10-9-11(19-2)3-4-12(10)20(17,18)15-7-5-13(16)14-6-8-15/h3-4,9H,5-8H2,1-2H3,(H,14,16). The highest BCUT2D eigenvalue weighted by Crippen LogP contribution is 2.24. The zero-order chi connectivity index (χ0) is 14.8. The van der Waals surface area contributed by atoms with Gasteiger partial charge in [0.1, 0.15) is 5.75 Å². The Hall–Kier alpha value is -1.60. The first-order valence-electron chi connectivity index (χ1n) is 6.36. The van der Waals surface area contributed by atoms with Crippen LogP contribution in [0, 0.1) is 6.92 Å². The molecule has 0 bridgehead atoms. The van der Waals surface area contributed by atoms with E-state index in [9.17, 15) is 13.2 Å². The summed E-state index contributed by atoms with van der Waals surface area (Å²) in [6.07, 6.45) is 0.189. The molecule has 0 aliphatic carbocycles. The Labute approximate surface area is 118 Å². The quantitative estimate of drug-likeness (QED) is 0.882. The minimum atomic E-state index is -3.58. The number of carbonyl (C=O) groups is 1. The molecule has 2 rings (SSSR count). The molecule has 1 fully saturated rings. The molecule has 20 heavy (non-hydrogen) atoms. The van der Waals surface area contributed by atoms with Crippen LogP contribution in [0.25, 0.3) is 0 Å². The van der Waals surface area contributed by atoms with Gasteiger partial charge in [-0.3, -0.25) is 4.79 Å². The van der Waals surface area contributed by atoms with Crippen molar-refractivity contribution in [2.45, 2.75) is 18.2 Å². The van der Waals surface area contributed by atoms with E-state index in [1.54, 1.807) is 25.1 Å². The second-order valence-corrected chi connectivity index (χ2v) is 6.54. The molecule has 1 aromatic rings. The minimum Gasteiger partial charge on any atom is -0.497 e. The molecule has 1 N–H and O–H groups in total. The van der Waals surface area contributed by atoms with E-state index < -0.39 is 10.0 Å². The van der Waals surface area contributed by atoms with E-state index in [-0.39, 0.29) is 23.8 Å². The summed E-state index contributed by atoms with van der Waals surface area (Å²) in [6.45, 7) is 2.57. The van der Waals surface area contributed by atoms with Gasteiger partial charge in [-0.25, -0.2) is 8.42 Å². The molecule has 0 unspecified atom stereocenters. The third-order valence-corrected chi connectivity index (χ3v) is 5.33. The topological polar surface area (TPSA) is 75.7 Å². The summed E-state index contributed by atoms with van der Waals surface area (Å²) in [6, 6.07) is 4.86. The van der Waals surface area contributed by atoms with Gasteiger partial charge in [-0.05, 0) is 30.7 Å². The Bertz CT molecular complexity index is 613. The monoisotopic (exact) mass is 298 g/mol. The predicted octanol–water partition coefficient (Wildman–Crippen LogP) is 0.514. The minimum absolute atomic E-state index is 0.117. The second kappa shape index (κ2) is 5.80. The molecule has 1 amide bonds. The number of rotatable bonds is 3. The van der Waals surface area contributed by atoms with Crippen molar-refractivity contribution in [1.82, 2.24) is 9.62 Å². The van der Waals surface area contributed by atoms with Crippen molar-refractivity contribution in [3.63, 3.8) is 0 Å². The van der Waals surface area contributed by atoms with E-state index in [0.717, 1.165) is 0 Å². The number of ether oxygens (including phenoxy) is 1. The lowest BCUT2D eigenvalue weighted by Crippen LogP contribution is -2.34. The number of benzene rings is 1. The van der Waals surface area contributed by atoms with Crippen LogP contribution in [0.2, 0.25) is 0 Å². The first-order valence-corrected chi connectivity index (χ1v) is 7.80. The second-order valence-electron chi connectivity index (χ2n) is 4.64. The van der Waals surface area contributed by atoms with Crippen LogP contribution in [0.5, 0.6) is 5.75 Å². The number of nitrogens with one attached hydrogen (secondary N) is 1. The Kier molecular flexibility index (Phi) is 4.29. The Morgan fingerprint density at radius 3 is 2.70 bits per heavy atom. The number of methoxy groups -OCH3 is 1. The first kappa shape index (κ1) is 14.8. The largest absolute Gasteiger partial charge is 0.497 e. The fourth-order valence-electron chi connectivity index (χ4n) is 2.16. The smallest absolute Gasteiger partial charge is 0.243 e. The summed E-state index contributed by atoms with van der Waals surface area (Å²) in [5.74, 6) is 0.503. The maximum absolute atomic E-state index is 12.6. The van der Waals surface area contributed by atoms with Crippen LogP contribution < -0.4 is 10.1 Å². The van der Waals surface area contributed by atoms with Crippen LogP contribution in [-0.4, -0.2) is 45.4 Å². The maximum Gasteiger partial charge on any atom is 0.243 e. The molecule has 6 nitrogen and oxygen atoms in total. The molecule has 0 spiro atoms. The van der Waals surface area contributed by atoms with E-state index in [1.165, 1.54) is 11.4 Å². The van der Waals surface area contributed by atoms with Crippen LogP contribution in [0.1, 0.15) is 12.0 Å². The average molecular weight is 298 g/mol. The number of nitrogens with zero attached hydrogens (tertiary/aromatic N) is 1. The van der Waals surface area contributed by atoms with Gasteiger partial charge < -0.3 is 10.1 Å². The van der Waals surface area contributed by atoms with E-state index in [1.807, 2.05) is 0 Å². The Balaban J connectivity index is 2.32. The van der Waals surface area contributed by atoms with Crippen LogP contribution in [0.4, 0.5) is 0 Å². The summed E-state index contributed by atoms with van der Waals surface area (Å²) in [4.78, 5) is 11.6. The maximum atomic E-state index is 12.6. The lowest BCUT2D eigenvalue weighted by Gasteiger charge is -2.20. The molecule has 1 heterocycles. The number of aryl methyl sites for hydroxylation is 1. The lowest BCUT2D eigenvalue weighted by molar-refractivity contribution is -0.120. The van der Waals surface area contributed by atoms with Crippen molar-refractivity contribution >= 4 is 15.9 Å². The zero-order valence-electron chi connectivity index (χ0n) is 11.5. The van der Waals surface area contributed by atoms with Crippen molar-refractivity contribution in [2.75, 3.05) is 26.7 Å². The molecule has 0 radical (unpaired) electrons. The predicted molar refractivity (Wildman–Crippen MR) is 74.1 cm³/mol. The van der Waals surface area contributed by atoms with Gasteiger partial charge in [0.05, 0.1) is 12.0 Å². The molecular weight excluding hydrogens is 280 g/mol. The molecular formula is C13H18N2O4S. The Morgan fingerprint density at radius 2 is 2.05 bits per heavy atom. The van der Waals surface area contributed by atoms with Gasteiger partial charge in [0.25, 0.3) is 0 Å². The van der Waals surface area contributed by atoms with Gasteiger partial charge in [0.2, 0.25) is 15.9 Å². The van der Waals surface area contributed by atoms with Crippen LogP contribution in [-0.2, 0) is 14.8 Å². The molecule has 1 aliphatic rings.